The van der Waals surface area contributed by atoms with E-state index >= 15 is 0 Å². The molecular weight excluding hydrogens is 684 g/mol. The smallest absolute Gasteiger partial charge is 0.334 e. The third kappa shape index (κ3) is 8.16. The Hall–Kier alpha value is -3.40. The summed E-state index contributed by atoms with van der Waals surface area (Å²) in [5.74, 6) is -2.97. The molecular formula is C33H44O18. The molecule has 0 spiro atoms. The molecule has 15 atom stereocenters. The highest BCUT2D eigenvalue weighted by Gasteiger charge is 2.55. The molecule has 5 rings (SSSR count). The zero-order chi connectivity index (χ0) is 37.1. The highest BCUT2D eigenvalue weighted by molar-refractivity contribution is 5.88. The number of aliphatic carboxylic acids is 1. The molecule has 3 fully saturated rings. The Morgan fingerprint density at radius 1 is 0.863 bits per heavy atom. The van der Waals surface area contributed by atoms with Crippen LogP contribution in [0.4, 0.5) is 0 Å². The fraction of sp³-hybridized carbons (Fsp3) is 0.636. The first-order valence-electron chi connectivity index (χ1n) is 16.3. The number of carbonyl (C=O) groups excluding carboxylic acids is 1. The van der Waals surface area contributed by atoms with Gasteiger partial charge in [-0.2, -0.15) is 0 Å². The molecule has 1 aliphatic carbocycles. The molecule has 0 aromatic heterocycles. The second-order valence-corrected chi connectivity index (χ2v) is 12.8. The number of methoxy groups -OCH3 is 2. The van der Waals surface area contributed by atoms with Crippen LogP contribution in [-0.2, 0) is 38.0 Å². The monoisotopic (exact) mass is 728 g/mol. The van der Waals surface area contributed by atoms with Gasteiger partial charge in [-0.05, 0) is 30.2 Å². The van der Waals surface area contributed by atoms with Crippen LogP contribution in [0.3, 0.4) is 0 Å². The highest BCUT2D eigenvalue weighted by Crippen LogP contribution is 2.48. The van der Waals surface area contributed by atoms with Crippen LogP contribution in [0.1, 0.15) is 18.9 Å². The van der Waals surface area contributed by atoms with Crippen molar-refractivity contribution >= 4 is 18.0 Å². The second kappa shape index (κ2) is 16.5. The summed E-state index contributed by atoms with van der Waals surface area (Å²) in [6.45, 7) is 0.433. The van der Waals surface area contributed by atoms with E-state index in [2.05, 4.69) is 0 Å². The molecule has 0 radical (unpaired) electrons. The predicted molar refractivity (Wildman–Crippen MR) is 167 cm³/mol. The van der Waals surface area contributed by atoms with Crippen LogP contribution in [0.2, 0.25) is 0 Å². The molecule has 2 saturated heterocycles. The molecule has 18 heteroatoms. The maximum absolute atomic E-state index is 12.9. The van der Waals surface area contributed by atoms with Gasteiger partial charge in [0.15, 0.2) is 24.1 Å². The van der Waals surface area contributed by atoms with Gasteiger partial charge in [0.1, 0.15) is 54.9 Å². The van der Waals surface area contributed by atoms with Gasteiger partial charge in [0, 0.05) is 23.8 Å². The molecule has 0 amide bonds. The fourth-order valence-electron chi connectivity index (χ4n) is 6.82. The van der Waals surface area contributed by atoms with Crippen LogP contribution >= 0.6 is 0 Å². The van der Waals surface area contributed by atoms with Crippen molar-refractivity contribution in [3.05, 3.63) is 41.7 Å². The number of benzene rings is 1. The molecule has 1 aromatic rings. The molecule has 18 nitrogen and oxygen atoms in total. The number of hydrogen-bond donors (Lipinski definition) is 8. The first kappa shape index (κ1) is 38.8. The van der Waals surface area contributed by atoms with Crippen molar-refractivity contribution in [1.82, 2.24) is 0 Å². The van der Waals surface area contributed by atoms with Crippen molar-refractivity contribution in [2.24, 2.45) is 17.8 Å². The number of fused-ring (bicyclic) bond motifs is 1. The number of rotatable bonds is 12. The minimum Gasteiger partial charge on any atom is -0.493 e. The second-order valence-electron chi connectivity index (χ2n) is 12.8. The van der Waals surface area contributed by atoms with Gasteiger partial charge in [0.25, 0.3) is 0 Å². The Bertz CT molecular complexity index is 1430. The van der Waals surface area contributed by atoms with Crippen LogP contribution in [-0.4, -0.2) is 154 Å². The van der Waals surface area contributed by atoms with E-state index in [-0.39, 0.29) is 12.0 Å². The minimum atomic E-state index is -1.83. The Kier molecular flexibility index (Phi) is 12.6. The predicted octanol–water partition coefficient (Wildman–Crippen LogP) is -2.13. The average Bonchev–Trinajstić information content (AvgIpc) is 3.44. The number of carboxylic acid groups (broad SMARTS) is 1. The maximum atomic E-state index is 12.9. The lowest BCUT2D eigenvalue weighted by Crippen LogP contribution is -2.62. The van der Waals surface area contributed by atoms with Gasteiger partial charge < -0.3 is 78.7 Å². The van der Waals surface area contributed by atoms with Crippen molar-refractivity contribution in [2.45, 2.75) is 87.2 Å². The van der Waals surface area contributed by atoms with Gasteiger partial charge in [-0.15, -0.1) is 0 Å². The van der Waals surface area contributed by atoms with Crippen molar-refractivity contribution in [3.63, 3.8) is 0 Å². The lowest BCUT2D eigenvalue weighted by atomic mass is 9.83. The molecule has 1 saturated carbocycles. The van der Waals surface area contributed by atoms with E-state index in [1.165, 1.54) is 26.4 Å². The number of hydrogen-bond acceptors (Lipinski definition) is 17. The van der Waals surface area contributed by atoms with Gasteiger partial charge in [-0.25, -0.2) is 9.59 Å². The molecule has 3 aliphatic heterocycles. The Morgan fingerprint density at radius 3 is 2.16 bits per heavy atom. The molecule has 1 aromatic carbocycles. The van der Waals surface area contributed by atoms with Crippen LogP contribution in [0, 0.1) is 17.8 Å². The summed E-state index contributed by atoms with van der Waals surface area (Å²) in [6.07, 6.45) is -14.6. The summed E-state index contributed by atoms with van der Waals surface area (Å²) in [4.78, 5) is 25.0. The lowest BCUT2D eigenvalue weighted by molar-refractivity contribution is -0.354. The van der Waals surface area contributed by atoms with Gasteiger partial charge in [-0.3, -0.25) is 0 Å². The first-order chi connectivity index (χ1) is 24.3. The Labute approximate surface area is 291 Å². The molecule has 51 heavy (non-hydrogen) atoms. The van der Waals surface area contributed by atoms with Gasteiger partial charge >= 0.3 is 11.9 Å². The van der Waals surface area contributed by atoms with Crippen molar-refractivity contribution in [1.29, 1.82) is 0 Å². The number of esters is 1. The summed E-state index contributed by atoms with van der Waals surface area (Å²) in [7, 11) is 2.98. The van der Waals surface area contributed by atoms with E-state index in [9.17, 15) is 50.4 Å². The fourth-order valence-corrected chi connectivity index (χ4v) is 6.82. The van der Waals surface area contributed by atoms with E-state index in [0.717, 1.165) is 6.26 Å². The minimum absolute atomic E-state index is 0.0857. The first-order valence-corrected chi connectivity index (χ1v) is 16.3. The Balaban J connectivity index is 1.26. The van der Waals surface area contributed by atoms with Crippen molar-refractivity contribution < 1.29 is 88.3 Å². The zero-order valence-corrected chi connectivity index (χ0v) is 27.9. The third-order valence-corrected chi connectivity index (χ3v) is 9.73. The van der Waals surface area contributed by atoms with Crippen molar-refractivity contribution in [2.75, 3.05) is 27.4 Å². The third-order valence-electron chi connectivity index (χ3n) is 9.73. The van der Waals surface area contributed by atoms with E-state index in [1.807, 2.05) is 0 Å². The van der Waals surface area contributed by atoms with E-state index in [4.69, 9.17) is 37.9 Å². The average molecular weight is 729 g/mol. The van der Waals surface area contributed by atoms with Crippen LogP contribution in [0.25, 0.3) is 6.08 Å². The zero-order valence-electron chi connectivity index (χ0n) is 27.9. The van der Waals surface area contributed by atoms with Gasteiger partial charge in [0.2, 0.25) is 6.29 Å². The SMILES string of the molecule is COc1ccc(/C=C/C(=O)O[C@H]2C[C@@H]3C(C(=O)O)=CO[C@@H](O[C@@H]4O[C@H](CO[C@@H]5O[C@H](CO)[C@@H](O)[C@H](O)[C@H]5O)[C@@H](O)[C@H](O)[C@H]4O)[C@@H]3[C@H]2C)cc1OC. The van der Waals surface area contributed by atoms with Gasteiger partial charge in [0.05, 0.1) is 39.3 Å². The van der Waals surface area contributed by atoms with Crippen molar-refractivity contribution in [3.8, 4) is 11.5 Å². The highest BCUT2D eigenvalue weighted by atomic mass is 16.8. The molecule has 0 bridgehead atoms. The van der Waals surface area contributed by atoms with Crippen LogP contribution < -0.4 is 9.47 Å². The summed E-state index contributed by atoms with van der Waals surface area (Å²) in [5.41, 5.74) is 0.545. The van der Waals surface area contributed by atoms with Crippen LogP contribution in [0.5, 0.6) is 11.5 Å². The summed E-state index contributed by atoms with van der Waals surface area (Å²) >= 11 is 0. The maximum Gasteiger partial charge on any atom is 0.334 e. The Morgan fingerprint density at radius 2 is 1.51 bits per heavy atom. The molecule has 284 valence electrons. The van der Waals surface area contributed by atoms with E-state index in [1.54, 1.807) is 25.1 Å². The summed E-state index contributed by atoms with van der Waals surface area (Å²) < 4.78 is 44.4. The number of carbonyl (C=O) groups is 2. The molecule has 0 unspecified atom stereocenters. The summed E-state index contributed by atoms with van der Waals surface area (Å²) in [5, 5.41) is 81.7. The number of aliphatic hydroxyl groups is 7. The number of aliphatic hydroxyl groups excluding tert-OH is 7. The standard InChI is InChI=1S/C33H44O18/c1-13-18(48-22(35)7-5-14-4-6-17(44-2)19(8-14)45-3)9-15-16(30(42)43)11-46-31(23(13)15)51-33-29(41)27(39)25(37)21(50-33)12-47-32-28(40)26(38)24(36)20(10-34)49-32/h4-8,11,13,15,18,20-21,23-29,31-34,36-41H,9-10,12H2,1-3H3,(H,42,43)/b7-5+/t13-,15+,18-,20+,21+,23+,24+,25+,26-,27-,28+,29+,31-,32+,33-/m0/s1. The quantitative estimate of drug-likeness (QED) is 0.0843. The van der Waals surface area contributed by atoms with E-state index in [0.29, 0.717) is 17.1 Å². The lowest BCUT2D eigenvalue weighted by Gasteiger charge is -2.44. The molecule has 4 aliphatic rings. The van der Waals surface area contributed by atoms with Crippen LogP contribution in [0.15, 0.2) is 36.1 Å². The van der Waals surface area contributed by atoms with E-state index < -0.39 is 117 Å². The largest absolute Gasteiger partial charge is 0.493 e. The number of carboxylic acids is 1. The van der Waals surface area contributed by atoms with Gasteiger partial charge in [-0.1, -0.05) is 13.0 Å². The molecule has 3 heterocycles. The summed E-state index contributed by atoms with van der Waals surface area (Å²) in [6, 6.07) is 5.06. The number of ether oxygens (including phenoxy) is 8. The topological polar surface area (TPSA) is 270 Å². The molecule has 8 N–H and O–H groups in total. The normalized spacial score (nSPS) is 39.5.